The van der Waals surface area contributed by atoms with Crippen LogP contribution in [0.4, 0.5) is 0 Å². The van der Waals surface area contributed by atoms with Crippen LogP contribution in [0.25, 0.3) is 10.9 Å². The quantitative estimate of drug-likeness (QED) is 0.783. The number of para-hydroxylation sites is 1. The molecule has 0 aliphatic carbocycles. The van der Waals surface area contributed by atoms with Crippen LogP contribution in [0.15, 0.2) is 34.9 Å². The predicted octanol–water partition coefficient (Wildman–Crippen LogP) is 2.52. The van der Waals surface area contributed by atoms with Crippen molar-refractivity contribution in [3.8, 4) is 0 Å². The van der Waals surface area contributed by atoms with Gasteiger partial charge in [-0.15, -0.1) is 5.10 Å². The first-order valence-electron chi connectivity index (χ1n) is 6.17. The normalized spacial score (nSPS) is 12.8. The van der Waals surface area contributed by atoms with E-state index in [0.29, 0.717) is 16.0 Å². The molecule has 0 spiro atoms. The molecule has 0 amide bonds. The molecule has 3 rings (SSSR count). The van der Waals surface area contributed by atoms with Gasteiger partial charge in [0.1, 0.15) is 11.8 Å². The number of benzene rings is 1. The predicted molar refractivity (Wildman–Crippen MR) is 79.2 cm³/mol. The average Bonchev–Trinajstić information content (AvgIpc) is 2.77. The molecule has 5 nitrogen and oxygen atoms in total. The summed E-state index contributed by atoms with van der Waals surface area (Å²) in [6.07, 6.45) is -0.868. The van der Waals surface area contributed by atoms with Gasteiger partial charge < -0.3 is 5.11 Å². The summed E-state index contributed by atoms with van der Waals surface area (Å²) < 4.78 is 2.07. The van der Waals surface area contributed by atoms with Crippen LogP contribution in [0.5, 0.6) is 0 Å². The number of aromatic nitrogens is 4. The first-order valence-corrected chi connectivity index (χ1v) is 6.96. The number of hydrogen-bond acceptors (Lipinski definition) is 4. The van der Waals surface area contributed by atoms with E-state index in [1.807, 2.05) is 37.3 Å². The van der Waals surface area contributed by atoms with Crippen LogP contribution in [-0.4, -0.2) is 25.1 Å². The molecule has 2 heterocycles. The lowest BCUT2D eigenvalue weighted by atomic mass is 10.1. The Balaban J connectivity index is 2.15. The average molecular weight is 333 g/mol. The third kappa shape index (κ3) is 2.10. The Kier molecular flexibility index (Phi) is 3.27. The first kappa shape index (κ1) is 13.2. The van der Waals surface area contributed by atoms with Gasteiger partial charge in [0, 0.05) is 12.4 Å². The van der Waals surface area contributed by atoms with Gasteiger partial charge >= 0.3 is 0 Å². The van der Waals surface area contributed by atoms with Crippen molar-refractivity contribution < 1.29 is 5.11 Å². The summed E-state index contributed by atoms with van der Waals surface area (Å²) in [5.41, 5.74) is 3.13. The standard InChI is InChI=1S/C14H13BrN4O/c1-8-7-11(16-10-6-4-3-5-9(8)10)13(20)12-14(15)17-18-19(12)2/h3-7,13,20H,1-2H3. The van der Waals surface area contributed by atoms with Gasteiger partial charge in [0.05, 0.1) is 11.2 Å². The second-order valence-corrected chi connectivity index (χ2v) is 5.42. The molecule has 1 atom stereocenters. The summed E-state index contributed by atoms with van der Waals surface area (Å²) in [7, 11) is 1.74. The molecule has 102 valence electrons. The van der Waals surface area contributed by atoms with E-state index >= 15 is 0 Å². The fourth-order valence-corrected chi connectivity index (χ4v) is 2.83. The van der Waals surface area contributed by atoms with Crippen molar-refractivity contribution in [2.75, 3.05) is 0 Å². The maximum absolute atomic E-state index is 10.5. The van der Waals surface area contributed by atoms with Gasteiger partial charge in [0.2, 0.25) is 0 Å². The second kappa shape index (κ2) is 4.96. The third-order valence-electron chi connectivity index (χ3n) is 3.31. The Hall–Kier alpha value is -1.79. The minimum Gasteiger partial charge on any atom is -0.380 e. The van der Waals surface area contributed by atoms with Crippen molar-refractivity contribution in [1.82, 2.24) is 20.0 Å². The fraction of sp³-hybridized carbons (Fsp3) is 0.214. The fourth-order valence-electron chi connectivity index (χ4n) is 2.28. The molecule has 20 heavy (non-hydrogen) atoms. The lowest BCUT2D eigenvalue weighted by molar-refractivity contribution is 0.204. The zero-order chi connectivity index (χ0) is 14.3. The van der Waals surface area contributed by atoms with Crippen LogP contribution in [0, 0.1) is 6.92 Å². The summed E-state index contributed by atoms with van der Waals surface area (Å²) in [6, 6.07) is 9.78. The maximum Gasteiger partial charge on any atom is 0.154 e. The monoisotopic (exact) mass is 332 g/mol. The van der Waals surface area contributed by atoms with Gasteiger partial charge in [-0.05, 0) is 40.5 Å². The Labute approximate surface area is 124 Å². The number of fused-ring (bicyclic) bond motifs is 1. The van der Waals surface area contributed by atoms with Crippen LogP contribution in [0.3, 0.4) is 0 Å². The smallest absolute Gasteiger partial charge is 0.154 e. The Morgan fingerprint density at radius 2 is 2.05 bits per heavy atom. The second-order valence-electron chi connectivity index (χ2n) is 4.67. The number of aliphatic hydroxyl groups excluding tert-OH is 1. The van der Waals surface area contributed by atoms with Crippen LogP contribution in [0.1, 0.15) is 23.1 Å². The minimum absolute atomic E-state index is 0.528. The van der Waals surface area contributed by atoms with E-state index in [9.17, 15) is 5.11 Å². The van der Waals surface area contributed by atoms with Gasteiger partial charge in [-0.3, -0.25) is 0 Å². The first-order chi connectivity index (χ1) is 9.58. The topological polar surface area (TPSA) is 63.8 Å². The number of aliphatic hydroxyl groups is 1. The highest BCUT2D eigenvalue weighted by atomic mass is 79.9. The van der Waals surface area contributed by atoms with E-state index in [4.69, 9.17) is 0 Å². The Morgan fingerprint density at radius 3 is 2.75 bits per heavy atom. The zero-order valence-corrected chi connectivity index (χ0v) is 12.7. The number of halogens is 1. The molecule has 0 saturated carbocycles. The molecule has 0 bridgehead atoms. The van der Waals surface area contributed by atoms with E-state index in [0.717, 1.165) is 16.5 Å². The lowest BCUT2D eigenvalue weighted by Crippen LogP contribution is -2.09. The van der Waals surface area contributed by atoms with Crippen molar-refractivity contribution in [2.45, 2.75) is 13.0 Å². The van der Waals surface area contributed by atoms with E-state index in [1.165, 1.54) is 0 Å². The number of hydrogen-bond donors (Lipinski definition) is 1. The molecule has 3 aromatic rings. The van der Waals surface area contributed by atoms with Crippen LogP contribution in [-0.2, 0) is 7.05 Å². The molecule has 1 aromatic carbocycles. The minimum atomic E-state index is -0.868. The van der Waals surface area contributed by atoms with E-state index in [2.05, 4.69) is 31.2 Å². The molecule has 0 aliphatic rings. The van der Waals surface area contributed by atoms with Crippen molar-refractivity contribution in [3.63, 3.8) is 0 Å². The van der Waals surface area contributed by atoms with E-state index in [-0.39, 0.29) is 0 Å². The molecule has 2 aromatic heterocycles. The Morgan fingerprint density at radius 1 is 1.30 bits per heavy atom. The van der Waals surface area contributed by atoms with Crippen LogP contribution >= 0.6 is 15.9 Å². The van der Waals surface area contributed by atoms with E-state index < -0.39 is 6.10 Å². The van der Waals surface area contributed by atoms with Crippen molar-refractivity contribution in [1.29, 1.82) is 0 Å². The molecule has 0 saturated heterocycles. The SMILES string of the molecule is Cc1cc(C(O)c2c(Br)nnn2C)nc2ccccc12. The molecule has 6 heteroatoms. The highest BCUT2D eigenvalue weighted by Gasteiger charge is 2.21. The summed E-state index contributed by atoms with van der Waals surface area (Å²) in [5, 5.41) is 19.4. The van der Waals surface area contributed by atoms with Crippen molar-refractivity contribution >= 4 is 26.8 Å². The van der Waals surface area contributed by atoms with Crippen molar-refractivity contribution in [3.05, 3.63) is 51.9 Å². The molecule has 0 radical (unpaired) electrons. The molecular formula is C14H13BrN4O. The van der Waals surface area contributed by atoms with Gasteiger partial charge in [0.25, 0.3) is 0 Å². The number of rotatable bonds is 2. The highest BCUT2D eigenvalue weighted by Crippen LogP contribution is 2.28. The summed E-state index contributed by atoms with van der Waals surface area (Å²) in [6.45, 7) is 2.01. The number of pyridine rings is 1. The molecule has 1 N–H and O–H groups in total. The maximum atomic E-state index is 10.5. The summed E-state index contributed by atoms with van der Waals surface area (Å²) >= 11 is 3.30. The van der Waals surface area contributed by atoms with E-state index in [1.54, 1.807) is 11.7 Å². The molecular weight excluding hydrogens is 320 g/mol. The molecule has 1 unspecified atom stereocenters. The summed E-state index contributed by atoms with van der Waals surface area (Å²) in [5.74, 6) is 0. The molecule has 0 fully saturated rings. The van der Waals surface area contributed by atoms with Crippen LogP contribution < -0.4 is 0 Å². The largest absolute Gasteiger partial charge is 0.380 e. The van der Waals surface area contributed by atoms with Gasteiger partial charge in [-0.2, -0.15) is 0 Å². The summed E-state index contributed by atoms with van der Waals surface area (Å²) in [4.78, 5) is 4.53. The number of nitrogens with zero attached hydrogens (tertiary/aromatic N) is 4. The Bertz CT molecular complexity index is 764. The van der Waals surface area contributed by atoms with Gasteiger partial charge in [-0.25, -0.2) is 9.67 Å². The zero-order valence-electron chi connectivity index (χ0n) is 11.1. The van der Waals surface area contributed by atoms with Gasteiger partial charge in [-0.1, -0.05) is 23.4 Å². The van der Waals surface area contributed by atoms with Crippen LogP contribution in [0.2, 0.25) is 0 Å². The highest BCUT2D eigenvalue weighted by molar-refractivity contribution is 9.10. The lowest BCUT2D eigenvalue weighted by Gasteiger charge is -2.12. The van der Waals surface area contributed by atoms with Gasteiger partial charge in [0.15, 0.2) is 4.60 Å². The number of aryl methyl sites for hydroxylation is 2. The third-order valence-corrected chi connectivity index (χ3v) is 3.87. The van der Waals surface area contributed by atoms with Crippen molar-refractivity contribution in [2.24, 2.45) is 7.05 Å². The molecule has 0 aliphatic heterocycles.